The van der Waals surface area contributed by atoms with E-state index < -0.39 is 0 Å². The maximum absolute atomic E-state index is 10.9. The molecule has 0 aromatic rings. The van der Waals surface area contributed by atoms with Gasteiger partial charge in [-0.3, -0.25) is 4.79 Å². The molecular weight excluding hydrogens is 174 g/mol. The van der Waals surface area contributed by atoms with Crippen molar-refractivity contribution in [1.29, 1.82) is 0 Å². The molecular formula is C12H23NO. The van der Waals surface area contributed by atoms with E-state index >= 15 is 0 Å². The van der Waals surface area contributed by atoms with Crippen molar-refractivity contribution in [2.45, 2.75) is 58.8 Å². The van der Waals surface area contributed by atoms with Crippen LogP contribution in [0.25, 0.3) is 0 Å². The molecule has 0 aromatic heterocycles. The molecule has 14 heavy (non-hydrogen) atoms. The van der Waals surface area contributed by atoms with E-state index in [9.17, 15) is 4.79 Å². The van der Waals surface area contributed by atoms with Gasteiger partial charge < -0.3 is 5.32 Å². The average molecular weight is 197 g/mol. The SMILES string of the molecule is CCCC1(CNC(C)=O)CCCCC1. The summed E-state index contributed by atoms with van der Waals surface area (Å²) in [6.07, 6.45) is 9.19. The Kier molecular flexibility index (Phi) is 4.43. The first-order valence-electron chi connectivity index (χ1n) is 5.93. The van der Waals surface area contributed by atoms with Gasteiger partial charge in [0.2, 0.25) is 5.91 Å². The van der Waals surface area contributed by atoms with Gasteiger partial charge in [-0.25, -0.2) is 0 Å². The molecule has 2 nitrogen and oxygen atoms in total. The molecule has 0 bridgehead atoms. The topological polar surface area (TPSA) is 29.1 Å². The van der Waals surface area contributed by atoms with E-state index in [1.165, 1.54) is 44.9 Å². The van der Waals surface area contributed by atoms with Gasteiger partial charge in [0, 0.05) is 13.5 Å². The first-order chi connectivity index (χ1) is 6.68. The zero-order valence-electron chi connectivity index (χ0n) is 9.57. The fourth-order valence-electron chi connectivity index (χ4n) is 2.66. The predicted octanol–water partition coefficient (Wildman–Crippen LogP) is 2.87. The van der Waals surface area contributed by atoms with Crippen LogP contribution in [0, 0.1) is 5.41 Å². The summed E-state index contributed by atoms with van der Waals surface area (Å²) in [5.41, 5.74) is 0.429. The molecule has 0 aromatic carbocycles. The van der Waals surface area contributed by atoms with Crippen LogP contribution in [0.15, 0.2) is 0 Å². The minimum atomic E-state index is 0.117. The lowest BCUT2D eigenvalue weighted by Gasteiger charge is -2.37. The monoisotopic (exact) mass is 197 g/mol. The van der Waals surface area contributed by atoms with E-state index in [0.29, 0.717) is 5.41 Å². The standard InChI is InChI=1S/C12H23NO/c1-3-7-12(10-13-11(2)14)8-5-4-6-9-12/h3-10H2,1-2H3,(H,13,14). The Morgan fingerprint density at radius 1 is 1.29 bits per heavy atom. The van der Waals surface area contributed by atoms with Crippen molar-refractivity contribution in [3.63, 3.8) is 0 Å². The van der Waals surface area contributed by atoms with Crippen molar-refractivity contribution < 1.29 is 4.79 Å². The third-order valence-electron chi connectivity index (χ3n) is 3.41. The highest BCUT2D eigenvalue weighted by Crippen LogP contribution is 2.39. The first kappa shape index (κ1) is 11.5. The second kappa shape index (κ2) is 5.38. The zero-order valence-corrected chi connectivity index (χ0v) is 9.57. The highest BCUT2D eigenvalue weighted by Gasteiger charge is 2.30. The molecule has 0 radical (unpaired) electrons. The number of rotatable bonds is 4. The second-order valence-electron chi connectivity index (χ2n) is 4.72. The number of amides is 1. The van der Waals surface area contributed by atoms with Gasteiger partial charge in [0.1, 0.15) is 0 Å². The maximum atomic E-state index is 10.9. The molecule has 1 N–H and O–H groups in total. The number of carbonyl (C=O) groups excluding carboxylic acids is 1. The number of carbonyl (C=O) groups is 1. The van der Waals surface area contributed by atoms with E-state index in [0.717, 1.165) is 6.54 Å². The van der Waals surface area contributed by atoms with Gasteiger partial charge >= 0.3 is 0 Å². The molecule has 0 aliphatic heterocycles. The summed E-state index contributed by atoms with van der Waals surface area (Å²) >= 11 is 0. The Labute approximate surface area is 87.5 Å². The van der Waals surface area contributed by atoms with Gasteiger partial charge in [0.05, 0.1) is 0 Å². The Hall–Kier alpha value is -0.530. The molecule has 1 rings (SSSR count). The Morgan fingerprint density at radius 2 is 1.93 bits per heavy atom. The number of nitrogens with one attached hydrogen (secondary N) is 1. The largest absolute Gasteiger partial charge is 0.356 e. The molecule has 2 heteroatoms. The average Bonchev–Trinajstić information content (AvgIpc) is 2.17. The summed E-state index contributed by atoms with van der Waals surface area (Å²) in [6, 6.07) is 0. The lowest BCUT2D eigenvalue weighted by atomic mass is 9.71. The van der Waals surface area contributed by atoms with Crippen molar-refractivity contribution in [3.05, 3.63) is 0 Å². The van der Waals surface area contributed by atoms with Crippen LogP contribution in [0.3, 0.4) is 0 Å². The molecule has 0 atom stereocenters. The summed E-state index contributed by atoms with van der Waals surface area (Å²) in [4.78, 5) is 10.9. The van der Waals surface area contributed by atoms with Gasteiger partial charge in [-0.15, -0.1) is 0 Å². The van der Waals surface area contributed by atoms with Crippen LogP contribution in [0.2, 0.25) is 0 Å². The maximum Gasteiger partial charge on any atom is 0.216 e. The third kappa shape index (κ3) is 3.32. The third-order valence-corrected chi connectivity index (χ3v) is 3.41. The minimum absolute atomic E-state index is 0.117. The van der Waals surface area contributed by atoms with Gasteiger partial charge in [0.25, 0.3) is 0 Å². The lowest BCUT2D eigenvalue weighted by molar-refractivity contribution is -0.119. The highest BCUT2D eigenvalue weighted by molar-refractivity contribution is 5.72. The molecule has 1 amide bonds. The van der Waals surface area contributed by atoms with E-state index in [-0.39, 0.29) is 5.91 Å². The molecule has 1 fully saturated rings. The van der Waals surface area contributed by atoms with Gasteiger partial charge in [-0.2, -0.15) is 0 Å². The van der Waals surface area contributed by atoms with E-state index in [2.05, 4.69) is 12.2 Å². The molecule has 0 unspecified atom stereocenters. The molecule has 0 spiro atoms. The van der Waals surface area contributed by atoms with Gasteiger partial charge in [-0.1, -0.05) is 32.6 Å². The summed E-state index contributed by atoms with van der Waals surface area (Å²) in [5, 5.41) is 3.00. The van der Waals surface area contributed by atoms with Crippen LogP contribution in [0.1, 0.15) is 58.8 Å². The molecule has 1 saturated carbocycles. The van der Waals surface area contributed by atoms with Crippen LogP contribution in [-0.4, -0.2) is 12.5 Å². The van der Waals surface area contributed by atoms with E-state index in [1.807, 2.05) is 0 Å². The smallest absolute Gasteiger partial charge is 0.216 e. The summed E-state index contributed by atoms with van der Waals surface area (Å²) in [7, 11) is 0. The highest BCUT2D eigenvalue weighted by atomic mass is 16.1. The summed E-state index contributed by atoms with van der Waals surface area (Å²) in [6.45, 7) is 4.75. The zero-order chi connectivity index (χ0) is 10.4. The fraction of sp³-hybridized carbons (Fsp3) is 0.917. The molecule has 1 aliphatic carbocycles. The molecule has 0 heterocycles. The summed E-state index contributed by atoms with van der Waals surface area (Å²) < 4.78 is 0. The van der Waals surface area contributed by atoms with Gasteiger partial charge in [-0.05, 0) is 24.7 Å². The Balaban J connectivity index is 2.46. The van der Waals surface area contributed by atoms with Crippen LogP contribution in [-0.2, 0) is 4.79 Å². The molecule has 0 saturated heterocycles. The van der Waals surface area contributed by atoms with Crippen LogP contribution >= 0.6 is 0 Å². The summed E-state index contributed by atoms with van der Waals surface area (Å²) in [5.74, 6) is 0.117. The lowest BCUT2D eigenvalue weighted by Crippen LogP contribution is -2.38. The Bertz CT molecular complexity index is 177. The van der Waals surface area contributed by atoms with Crippen molar-refractivity contribution in [1.82, 2.24) is 5.32 Å². The fourth-order valence-corrected chi connectivity index (χ4v) is 2.66. The van der Waals surface area contributed by atoms with Crippen molar-refractivity contribution in [2.24, 2.45) is 5.41 Å². The normalized spacial score (nSPS) is 20.4. The first-order valence-corrected chi connectivity index (χ1v) is 5.93. The van der Waals surface area contributed by atoms with Gasteiger partial charge in [0.15, 0.2) is 0 Å². The minimum Gasteiger partial charge on any atom is -0.356 e. The van der Waals surface area contributed by atoms with Crippen molar-refractivity contribution >= 4 is 5.91 Å². The molecule has 82 valence electrons. The van der Waals surface area contributed by atoms with E-state index in [4.69, 9.17) is 0 Å². The Morgan fingerprint density at radius 3 is 2.43 bits per heavy atom. The van der Waals surface area contributed by atoms with E-state index in [1.54, 1.807) is 6.92 Å². The number of hydrogen-bond acceptors (Lipinski definition) is 1. The number of hydrogen-bond donors (Lipinski definition) is 1. The molecule has 1 aliphatic rings. The van der Waals surface area contributed by atoms with Crippen LogP contribution in [0.5, 0.6) is 0 Å². The quantitative estimate of drug-likeness (QED) is 0.737. The second-order valence-corrected chi connectivity index (χ2v) is 4.72. The van der Waals surface area contributed by atoms with Crippen LogP contribution in [0.4, 0.5) is 0 Å². The van der Waals surface area contributed by atoms with Crippen molar-refractivity contribution in [2.75, 3.05) is 6.54 Å². The van der Waals surface area contributed by atoms with Crippen molar-refractivity contribution in [3.8, 4) is 0 Å². The predicted molar refractivity (Wildman–Crippen MR) is 59.1 cm³/mol. The van der Waals surface area contributed by atoms with Crippen LogP contribution < -0.4 is 5.32 Å².